The van der Waals surface area contributed by atoms with E-state index in [0.717, 1.165) is 17.4 Å². The van der Waals surface area contributed by atoms with Gasteiger partial charge >= 0.3 is 0 Å². The summed E-state index contributed by atoms with van der Waals surface area (Å²) in [6.45, 7) is 1.40. The summed E-state index contributed by atoms with van der Waals surface area (Å²) in [6.07, 6.45) is 0. The second-order valence-electron chi connectivity index (χ2n) is 5.04. The summed E-state index contributed by atoms with van der Waals surface area (Å²) in [5.74, 6) is 0.210. The number of amides is 1. The van der Waals surface area contributed by atoms with Crippen LogP contribution in [0.3, 0.4) is 0 Å². The molecule has 1 aromatic heterocycles. The van der Waals surface area contributed by atoms with Gasteiger partial charge in [0.1, 0.15) is 11.0 Å². The minimum atomic E-state index is -0.813. The molecule has 9 heteroatoms. The molecule has 2 rings (SSSR count). The summed E-state index contributed by atoms with van der Waals surface area (Å²) < 4.78 is 5.82. The predicted octanol–water partition coefficient (Wildman–Crippen LogP) is 2.43. The Bertz CT molecular complexity index is 733. The van der Waals surface area contributed by atoms with Gasteiger partial charge in [0.25, 0.3) is 0 Å². The summed E-state index contributed by atoms with van der Waals surface area (Å²) in [7, 11) is 4.83. The van der Waals surface area contributed by atoms with Crippen molar-refractivity contribution < 1.29 is 14.3 Å². The first kappa shape index (κ1) is 18.2. The molecule has 0 saturated heterocycles. The Balaban J connectivity index is 2.12. The van der Waals surface area contributed by atoms with Gasteiger partial charge in [-0.3, -0.25) is 9.59 Å². The maximum Gasteiger partial charge on any atom is 0.243 e. The summed E-state index contributed by atoms with van der Waals surface area (Å²) in [6, 6.07) is 7.44. The number of para-hydroxylation sites is 2. The van der Waals surface area contributed by atoms with Gasteiger partial charge in [-0.1, -0.05) is 35.2 Å². The van der Waals surface area contributed by atoms with Crippen LogP contribution in [0.5, 0.6) is 5.75 Å². The van der Waals surface area contributed by atoms with Gasteiger partial charge in [0.2, 0.25) is 11.0 Å². The van der Waals surface area contributed by atoms with Crippen LogP contribution < -0.4 is 10.1 Å². The van der Waals surface area contributed by atoms with Gasteiger partial charge in [-0.2, -0.15) is 0 Å². The third-order valence-corrected chi connectivity index (χ3v) is 5.23. The zero-order valence-corrected chi connectivity index (χ0v) is 15.4. The molecule has 0 spiro atoms. The SMILES string of the molecule is COc1ccccc1Nc1nnc(S[C@H](C(C)=O)C(=O)N(C)C)s1. The fourth-order valence-corrected chi connectivity index (χ4v) is 3.79. The van der Waals surface area contributed by atoms with Crippen LogP contribution in [0.4, 0.5) is 10.8 Å². The molecule has 0 saturated carbocycles. The van der Waals surface area contributed by atoms with E-state index in [1.54, 1.807) is 21.2 Å². The molecule has 1 atom stereocenters. The highest BCUT2D eigenvalue weighted by molar-refractivity contribution is 8.03. The number of benzene rings is 1. The van der Waals surface area contributed by atoms with Gasteiger partial charge in [0.05, 0.1) is 12.8 Å². The number of ether oxygens (including phenoxy) is 1. The van der Waals surface area contributed by atoms with Gasteiger partial charge in [0.15, 0.2) is 10.1 Å². The van der Waals surface area contributed by atoms with Gasteiger partial charge in [0, 0.05) is 14.1 Å². The highest BCUT2D eigenvalue weighted by Crippen LogP contribution is 2.33. The van der Waals surface area contributed by atoms with Crippen LogP contribution in [0.15, 0.2) is 28.6 Å². The minimum absolute atomic E-state index is 0.215. The van der Waals surface area contributed by atoms with Crippen molar-refractivity contribution in [2.24, 2.45) is 0 Å². The number of carbonyl (C=O) groups is 2. The van der Waals surface area contributed by atoms with Crippen molar-refractivity contribution in [2.45, 2.75) is 16.5 Å². The summed E-state index contributed by atoms with van der Waals surface area (Å²) in [5, 5.41) is 11.0. The second kappa shape index (κ2) is 8.11. The third-order valence-electron chi connectivity index (χ3n) is 3.01. The van der Waals surface area contributed by atoms with Crippen molar-refractivity contribution >= 4 is 45.6 Å². The number of Topliss-reactive ketones (excluding diaryl/α,β-unsaturated/α-hetero) is 1. The summed E-state index contributed by atoms with van der Waals surface area (Å²) in [4.78, 5) is 25.2. The number of hydrogen-bond acceptors (Lipinski definition) is 8. The Morgan fingerprint density at radius 1 is 1.29 bits per heavy atom. The van der Waals surface area contributed by atoms with Crippen LogP contribution in [0, 0.1) is 0 Å². The van der Waals surface area contributed by atoms with Crippen LogP contribution in [-0.2, 0) is 9.59 Å². The standard InChI is InChI=1S/C15H18N4O3S2/c1-9(20)12(13(21)19(2)3)23-15-18-17-14(24-15)16-10-7-5-6-8-11(10)22-4/h5-8,12H,1-4H3,(H,16,17)/t12-/m1/s1. The Hall–Kier alpha value is -2.13. The van der Waals surface area contributed by atoms with E-state index in [1.165, 1.54) is 23.2 Å². The van der Waals surface area contributed by atoms with E-state index < -0.39 is 5.25 Å². The Kier molecular flexibility index (Phi) is 6.16. The molecule has 1 N–H and O–H groups in total. The Labute approximate surface area is 148 Å². The number of methoxy groups -OCH3 is 1. The number of rotatable bonds is 7. The minimum Gasteiger partial charge on any atom is -0.495 e. The number of aromatic nitrogens is 2. The van der Waals surface area contributed by atoms with E-state index in [4.69, 9.17) is 4.74 Å². The molecule has 0 radical (unpaired) electrons. The molecule has 7 nitrogen and oxygen atoms in total. The van der Waals surface area contributed by atoms with Gasteiger partial charge in [-0.25, -0.2) is 0 Å². The number of nitrogens with one attached hydrogen (secondary N) is 1. The zero-order valence-electron chi connectivity index (χ0n) is 13.8. The van der Waals surface area contributed by atoms with Crippen molar-refractivity contribution in [3.63, 3.8) is 0 Å². The number of anilines is 2. The molecule has 0 aliphatic rings. The van der Waals surface area contributed by atoms with Gasteiger partial charge in [-0.15, -0.1) is 10.2 Å². The molecule has 1 heterocycles. The van der Waals surface area contributed by atoms with E-state index in [0.29, 0.717) is 15.2 Å². The molecule has 1 amide bonds. The lowest BCUT2D eigenvalue weighted by atomic mass is 10.3. The van der Waals surface area contributed by atoms with Crippen LogP contribution in [0.2, 0.25) is 0 Å². The first-order chi connectivity index (χ1) is 11.4. The maximum absolute atomic E-state index is 12.1. The van der Waals surface area contributed by atoms with E-state index in [-0.39, 0.29) is 11.7 Å². The van der Waals surface area contributed by atoms with Crippen molar-refractivity contribution in [2.75, 3.05) is 26.5 Å². The normalized spacial score (nSPS) is 11.7. The van der Waals surface area contributed by atoms with E-state index in [1.807, 2.05) is 24.3 Å². The second-order valence-corrected chi connectivity index (χ2v) is 7.37. The fraction of sp³-hybridized carbons (Fsp3) is 0.333. The number of ketones is 1. The molecule has 0 aliphatic carbocycles. The maximum atomic E-state index is 12.1. The molecular weight excluding hydrogens is 348 g/mol. The zero-order chi connectivity index (χ0) is 17.7. The first-order valence-electron chi connectivity index (χ1n) is 7.04. The number of hydrogen-bond donors (Lipinski definition) is 1. The van der Waals surface area contributed by atoms with Gasteiger partial charge in [-0.05, 0) is 19.1 Å². The molecule has 2 aromatic rings. The molecule has 0 unspecified atom stereocenters. The van der Waals surface area contributed by atoms with E-state index in [9.17, 15) is 9.59 Å². The van der Waals surface area contributed by atoms with E-state index >= 15 is 0 Å². The smallest absolute Gasteiger partial charge is 0.243 e. The van der Waals surface area contributed by atoms with E-state index in [2.05, 4.69) is 15.5 Å². The van der Waals surface area contributed by atoms with Crippen LogP contribution >= 0.6 is 23.1 Å². The quantitative estimate of drug-likeness (QED) is 0.595. The van der Waals surface area contributed by atoms with Crippen LogP contribution in [-0.4, -0.2) is 53.2 Å². The highest BCUT2D eigenvalue weighted by atomic mass is 32.2. The topological polar surface area (TPSA) is 84.4 Å². The first-order valence-corrected chi connectivity index (χ1v) is 8.73. The van der Waals surface area contributed by atoms with Crippen molar-refractivity contribution in [1.82, 2.24) is 15.1 Å². The monoisotopic (exact) mass is 366 g/mol. The Morgan fingerprint density at radius 2 is 2.00 bits per heavy atom. The lowest BCUT2D eigenvalue weighted by Gasteiger charge is -2.16. The average Bonchev–Trinajstić information content (AvgIpc) is 2.99. The highest BCUT2D eigenvalue weighted by Gasteiger charge is 2.27. The van der Waals surface area contributed by atoms with Gasteiger partial charge < -0.3 is 15.0 Å². The molecule has 0 fully saturated rings. The third kappa shape index (κ3) is 4.45. The number of nitrogens with zero attached hydrogens (tertiary/aromatic N) is 3. The molecular formula is C15H18N4O3S2. The lowest BCUT2D eigenvalue weighted by Crippen LogP contribution is -2.35. The average molecular weight is 366 g/mol. The molecule has 128 valence electrons. The fourth-order valence-electron chi connectivity index (χ4n) is 1.81. The number of thioether (sulfide) groups is 1. The van der Waals surface area contributed by atoms with Crippen LogP contribution in [0.25, 0.3) is 0 Å². The number of carbonyl (C=O) groups excluding carboxylic acids is 2. The van der Waals surface area contributed by atoms with Crippen LogP contribution in [0.1, 0.15) is 6.92 Å². The lowest BCUT2D eigenvalue weighted by molar-refractivity contribution is -0.132. The molecule has 0 bridgehead atoms. The Morgan fingerprint density at radius 3 is 2.62 bits per heavy atom. The molecule has 1 aromatic carbocycles. The largest absolute Gasteiger partial charge is 0.495 e. The summed E-state index contributed by atoms with van der Waals surface area (Å²) >= 11 is 2.38. The molecule has 24 heavy (non-hydrogen) atoms. The molecule has 0 aliphatic heterocycles. The van der Waals surface area contributed by atoms with Crippen molar-refractivity contribution in [3.8, 4) is 5.75 Å². The van der Waals surface area contributed by atoms with Crippen molar-refractivity contribution in [1.29, 1.82) is 0 Å². The predicted molar refractivity (Wildman–Crippen MR) is 95.2 cm³/mol. The van der Waals surface area contributed by atoms with Crippen molar-refractivity contribution in [3.05, 3.63) is 24.3 Å². The summed E-state index contributed by atoms with van der Waals surface area (Å²) in [5.41, 5.74) is 0.764.